The molecule has 3 rings (SSSR count). The van der Waals surface area contributed by atoms with Crippen molar-refractivity contribution in [1.29, 1.82) is 0 Å². The molecule has 0 fully saturated rings. The van der Waals surface area contributed by atoms with Gasteiger partial charge in [0.05, 0.1) is 13.0 Å². The van der Waals surface area contributed by atoms with Gasteiger partial charge in [-0.2, -0.15) is 0 Å². The summed E-state index contributed by atoms with van der Waals surface area (Å²) in [5, 5.41) is 14.1. The second-order valence-electron chi connectivity index (χ2n) is 8.09. The molecular weight excluding hydrogens is 396 g/mol. The number of amides is 2. The van der Waals surface area contributed by atoms with Crippen LogP contribution in [0.5, 0.6) is 0 Å². The van der Waals surface area contributed by atoms with Gasteiger partial charge in [0.15, 0.2) is 0 Å². The number of carboxylic acid groups (broad SMARTS) is 1. The Bertz CT molecular complexity index is 911. The van der Waals surface area contributed by atoms with Crippen LogP contribution in [0.25, 0.3) is 11.1 Å². The Morgan fingerprint density at radius 3 is 2.10 bits per heavy atom. The van der Waals surface area contributed by atoms with Crippen molar-refractivity contribution in [2.75, 3.05) is 19.7 Å². The zero-order valence-corrected chi connectivity index (χ0v) is 17.8. The van der Waals surface area contributed by atoms with Gasteiger partial charge in [0.1, 0.15) is 6.61 Å². The molecule has 0 saturated heterocycles. The molecule has 0 saturated carbocycles. The highest BCUT2D eigenvalue weighted by atomic mass is 16.5. The normalized spacial score (nSPS) is 13.3. The molecule has 1 aliphatic carbocycles. The topological polar surface area (TPSA) is 105 Å². The fraction of sp³-hybridized carbons (Fsp3) is 0.375. The number of carbonyl (C=O) groups is 3. The summed E-state index contributed by atoms with van der Waals surface area (Å²) in [5.41, 5.74) is 4.53. The van der Waals surface area contributed by atoms with Gasteiger partial charge < -0.3 is 20.5 Å². The second kappa shape index (κ2) is 10.1. The third-order valence-electron chi connectivity index (χ3n) is 5.68. The summed E-state index contributed by atoms with van der Waals surface area (Å²) in [5.74, 6) is -1.38. The Labute approximate surface area is 181 Å². The van der Waals surface area contributed by atoms with Crippen LogP contribution in [0.3, 0.4) is 0 Å². The second-order valence-corrected chi connectivity index (χ2v) is 8.09. The molecule has 2 aromatic carbocycles. The monoisotopic (exact) mass is 424 g/mol. The molecule has 2 aromatic rings. The zero-order valence-electron chi connectivity index (χ0n) is 17.8. The van der Waals surface area contributed by atoms with Crippen molar-refractivity contribution in [3.8, 4) is 11.1 Å². The van der Waals surface area contributed by atoms with Gasteiger partial charge in [-0.15, -0.1) is 0 Å². The van der Waals surface area contributed by atoms with Crippen molar-refractivity contribution in [1.82, 2.24) is 10.6 Å². The molecule has 3 N–H and O–H groups in total. The van der Waals surface area contributed by atoms with Crippen molar-refractivity contribution in [2.24, 2.45) is 11.8 Å². The number of alkyl carbamates (subject to hydrolysis) is 1. The Hall–Kier alpha value is -3.35. The Morgan fingerprint density at radius 2 is 1.55 bits per heavy atom. The van der Waals surface area contributed by atoms with Crippen LogP contribution < -0.4 is 10.6 Å². The highest BCUT2D eigenvalue weighted by Crippen LogP contribution is 2.44. The minimum absolute atomic E-state index is 0.0161. The summed E-state index contributed by atoms with van der Waals surface area (Å²) < 4.78 is 5.40. The smallest absolute Gasteiger partial charge is 0.407 e. The lowest BCUT2D eigenvalue weighted by Crippen LogP contribution is -2.40. The molecule has 0 aromatic heterocycles. The molecule has 0 bridgehead atoms. The van der Waals surface area contributed by atoms with Gasteiger partial charge >= 0.3 is 12.1 Å². The summed E-state index contributed by atoms with van der Waals surface area (Å²) >= 11 is 0. The van der Waals surface area contributed by atoms with E-state index in [0.29, 0.717) is 0 Å². The highest BCUT2D eigenvalue weighted by molar-refractivity contribution is 5.82. The van der Waals surface area contributed by atoms with Crippen LogP contribution in [-0.2, 0) is 14.3 Å². The number of hydrogen-bond donors (Lipinski definition) is 3. The maximum absolute atomic E-state index is 12.1. The van der Waals surface area contributed by atoms with E-state index in [2.05, 4.69) is 22.8 Å². The molecule has 7 heteroatoms. The predicted octanol–water partition coefficient (Wildman–Crippen LogP) is 3.39. The molecule has 0 heterocycles. The third-order valence-corrected chi connectivity index (χ3v) is 5.68. The van der Waals surface area contributed by atoms with Gasteiger partial charge in [0.2, 0.25) is 5.91 Å². The van der Waals surface area contributed by atoms with Crippen molar-refractivity contribution in [2.45, 2.75) is 26.2 Å². The van der Waals surface area contributed by atoms with Gasteiger partial charge in [0, 0.05) is 12.5 Å². The SMILES string of the molecule is CC(C)C(CNC(=O)CNC(=O)OCC1c2ccccc2-c2ccccc21)CC(=O)O. The first-order valence-electron chi connectivity index (χ1n) is 10.4. The van der Waals surface area contributed by atoms with E-state index in [0.717, 1.165) is 22.3 Å². The standard InChI is InChI=1S/C24H28N2O5/c1-15(2)16(11-23(28)29)12-25-22(27)13-26-24(30)31-14-21-19-9-5-3-7-17(19)18-8-4-6-10-20(18)21/h3-10,15-16,21H,11-14H2,1-2H3,(H,25,27)(H,26,30)(H,28,29). The average molecular weight is 424 g/mol. The van der Waals surface area contributed by atoms with E-state index >= 15 is 0 Å². The summed E-state index contributed by atoms with van der Waals surface area (Å²) in [6, 6.07) is 16.1. The number of nitrogens with one attached hydrogen (secondary N) is 2. The first kappa shape index (κ1) is 22.3. The summed E-state index contributed by atoms with van der Waals surface area (Å²) in [6.45, 7) is 4.02. The maximum atomic E-state index is 12.1. The highest BCUT2D eigenvalue weighted by Gasteiger charge is 2.29. The number of hydrogen-bond acceptors (Lipinski definition) is 4. The van der Waals surface area contributed by atoms with E-state index in [1.807, 2.05) is 50.2 Å². The molecule has 1 atom stereocenters. The number of aliphatic carboxylic acids is 1. The van der Waals surface area contributed by atoms with Gasteiger partial charge in [-0.25, -0.2) is 4.79 Å². The number of fused-ring (bicyclic) bond motifs is 3. The Balaban J connectivity index is 1.48. The molecule has 0 radical (unpaired) electrons. The summed E-state index contributed by atoms with van der Waals surface area (Å²) in [6.07, 6.45) is -0.680. The molecule has 2 amide bonds. The molecule has 164 valence electrons. The fourth-order valence-electron chi connectivity index (χ4n) is 3.88. The maximum Gasteiger partial charge on any atom is 0.407 e. The van der Waals surface area contributed by atoms with E-state index in [-0.39, 0.29) is 49.8 Å². The molecular formula is C24H28N2O5. The first-order valence-corrected chi connectivity index (χ1v) is 10.4. The summed E-state index contributed by atoms with van der Waals surface area (Å²) in [7, 11) is 0. The largest absolute Gasteiger partial charge is 0.481 e. The first-order chi connectivity index (χ1) is 14.9. The molecule has 31 heavy (non-hydrogen) atoms. The van der Waals surface area contributed by atoms with Crippen LogP contribution in [0.1, 0.15) is 37.3 Å². The predicted molar refractivity (Wildman–Crippen MR) is 117 cm³/mol. The molecule has 7 nitrogen and oxygen atoms in total. The van der Waals surface area contributed by atoms with E-state index in [9.17, 15) is 14.4 Å². The average Bonchev–Trinajstić information content (AvgIpc) is 3.07. The molecule has 1 unspecified atom stereocenters. The molecule has 1 aliphatic rings. The van der Waals surface area contributed by atoms with Crippen LogP contribution in [-0.4, -0.2) is 42.8 Å². The lowest BCUT2D eigenvalue weighted by Gasteiger charge is -2.19. The van der Waals surface area contributed by atoms with Crippen molar-refractivity contribution < 1.29 is 24.2 Å². The van der Waals surface area contributed by atoms with Crippen molar-refractivity contribution >= 4 is 18.0 Å². The van der Waals surface area contributed by atoms with Gasteiger partial charge in [-0.1, -0.05) is 62.4 Å². The van der Waals surface area contributed by atoms with E-state index < -0.39 is 12.1 Å². The minimum atomic E-state index is -0.898. The third kappa shape index (κ3) is 5.63. The van der Waals surface area contributed by atoms with Crippen molar-refractivity contribution in [3.05, 3.63) is 59.7 Å². The Kier molecular flexibility index (Phi) is 7.28. The number of ether oxygens (including phenoxy) is 1. The van der Waals surface area contributed by atoms with Crippen LogP contribution in [0.15, 0.2) is 48.5 Å². The van der Waals surface area contributed by atoms with E-state index in [4.69, 9.17) is 9.84 Å². The van der Waals surface area contributed by atoms with Gasteiger partial charge in [-0.3, -0.25) is 9.59 Å². The zero-order chi connectivity index (χ0) is 22.4. The molecule has 0 aliphatic heterocycles. The lowest BCUT2D eigenvalue weighted by molar-refractivity contribution is -0.138. The number of rotatable bonds is 9. The molecule has 0 spiro atoms. The van der Waals surface area contributed by atoms with Crippen LogP contribution in [0, 0.1) is 11.8 Å². The minimum Gasteiger partial charge on any atom is -0.481 e. The quantitative estimate of drug-likeness (QED) is 0.572. The van der Waals surface area contributed by atoms with Crippen LogP contribution >= 0.6 is 0 Å². The van der Waals surface area contributed by atoms with Crippen molar-refractivity contribution in [3.63, 3.8) is 0 Å². The number of carbonyl (C=O) groups excluding carboxylic acids is 2. The fourth-order valence-corrected chi connectivity index (χ4v) is 3.88. The van der Waals surface area contributed by atoms with Gasteiger partial charge in [-0.05, 0) is 34.1 Å². The Morgan fingerprint density at radius 1 is 0.968 bits per heavy atom. The van der Waals surface area contributed by atoms with E-state index in [1.54, 1.807) is 0 Å². The number of carboxylic acids is 1. The lowest BCUT2D eigenvalue weighted by atomic mass is 9.92. The summed E-state index contributed by atoms with van der Waals surface area (Å²) in [4.78, 5) is 35.1. The van der Waals surface area contributed by atoms with Gasteiger partial charge in [0.25, 0.3) is 0 Å². The van der Waals surface area contributed by atoms with Crippen LogP contribution in [0.4, 0.5) is 4.79 Å². The van der Waals surface area contributed by atoms with E-state index in [1.165, 1.54) is 0 Å². The van der Waals surface area contributed by atoms with Crippen LogP contribution in [0.2, 0.25) is 0 Å². The number of benzene rings is 2.